The molecule has 14 heteroatoms. The summed E-state index contributed by atoms with van der Waals surface area (Å²) in [5.41, 5.74) is -0.841. The van der Waals surface area contributed by atoms with Crippen LogP contribution >= 0.6 is 0 Å². The van der Waals surface area contributed by atoms with Crippen molar-refractivity contribution in [2.75, 3.05) is 26.2 Å². The van der Waals surface area contributed by atoms with Crippen LogP contribution in [-0.4, -0.2) is 74.1 Å². The zero-order chi connectivity index (χ0) is 23.5. The van der Waals surface area contributed by atoms with Gasteiger partial charge in [0.1, 0.15) is 16.2 Å². The second-order valence-electron chi connectivity index (χ2n) is 8.18. The van der Waals surface area contributed by atoms with E-state index in [-0.39, 0.29) is 48.2 Å². The van der Waals surface area contributed by atoms with E-state index in [1.54, 1.807) is 7.05 Å². The summed E-state index contributed by atoms with van der Waals surface area (Å²) in [6, 6.07) is 0.994. The Balaban J connectivity index is 1.39. The van der Waals surface area contributed by atoms with Crippen LogP contribution in [0.25, 0.3) is 5.65 Å². The first-order valence-corrected chi connectivity index (χ1v) is 11.7. The first-order valence-electron chi connectivity index (χ1n) is 10.3. The molecule has 1 saturated carbocycles. The van der Waals surface area contributed by atoms with Crippen LogP contribution in [0.3, 0.4) is 0 Å². The molecular weight excluding hydrogens is 463 g/mol. The fourth-order valence-electron chi connectivity index (χ4n) is 3.91. The van der Waals surface area contributed by atoms with Crippen LogP contribution in [0.5, 0.6) is 0 Å². The van der Waals surface area contributed by atoms with Crippen LogP contribution in [0, 0.1) is 0 Å². The molecule has 2 aliphatic rings. The number of amides is 1. The zero-order valence-electron chi connectivity index (χ0n) is 17.5. The molecule has 10 nitrogen and oxygen atoms in total. The van der Waals surface area contributed by atoms with Crippen molar-refractivity contribution >= 4 is 21.6 Å². The predicted octanol–water partition coefficient (Wildman–Crippen LogP) is 1.51. The van der Waals surface area contributed by atoms with Crippen molar-refractivity contribution < 1.29 is 26.4 Å². The standard InChI is InChI=1S/C19H20F3N7O3S/c1-26-11-13(9-23-26)33(31,32)28-6-4-27(5-7-28)18(30)14-10-24-29-16(19(20,21)22)8-15(12-2-3-12)25-17(14)29/h8-12H,2-7H2,1H3. The molecule has 0 unspecified atom stereocenters. The van der Waals surface area contributed by atoms with E-state index in [2.05, 4.69) is 15.2 Å². The molecule has 0 bridgehead atoms. The lowest BCUT2D eigenvalue weighted by atomic mass is 10.2. The highest BCUT2D eigenvalue weighted by Crippen LogP contribution is 2.41. The molecule has 33 heavy (non-hydrogen) atoms. The fourth-order valence-corrected chi connectivity index (χ4v) is 5.31. The lowest BCUT2D eigenvalue weighted by molar-refractivity contribution is -0.142. The molecule has 1 aliphatic carbocycles. The van der Waals surface area contributed by atoms with Crippen LogP contribution in [0.15, 0.2) is 29.6 Å². The van der Waals surface area contributed by atoms with Crippen molar-refractivity contribution in [2.24, 2.45) is 7.05 Å². The number of nitrogens with zero attached hydrogens (tertiary/aromatic N) is 7. The topological polar surface area (TPSA) is 106 Å². The van der Waals surface area contributed by atoms with E-state index in [0.29, 0.717) is 10.2 Å². The maximum atomic E-state index is 13.6. The molecule has 1 saturated heterocycles. The van der Waals surface area contributed by atoms with Gasteiger partial charge in [0, 0.05) is 51.0 Å². The van der Waals surface area contributed by atoms with E-state index in [1.165, 1.54) is 26.3 Å². The smallest absolute Gasteiger partial charge is 0.336 e. The third-order valence-corrected chi connectivity index (χ3v) is 7.70. The molecular formula is C19H20F3N7O3S. The minimum Gasteiger partial charge on any atom is -0.336 e. The molecule has 1 amide bonds. The number of hydrogen-bond acceptors (Lipinski definition) is 6. The molecule has 5 rings (SSSR count). The summed E-state index contributed by atoms with van der Waals surface area (Å²) in [5, 5.41) is 7.67. The van der Waals surface area contributed by atoms with Gasteiger partial charge in [0.05, 0.1) is 12.4 Å². The summed E-state index contributed by atoms with van der Waals surface area (Å²) in [6.07, 6.45) is 0.607. The summed E-state index contributed by atoms with van der Waals surface area (Å²) in [7, 11) is -2.14. The normalized spacial score (nSPS) is 18.2. The number of halogens is 3. The molecule has 3 aromatic heterocycles. The van der Waals surface area contributed by atoms with Gasteiger partial charge in [0.15, 0.2) is 5.65 Å². The Morgan fingerprint density at radius 3 is 2.36 bits per heavy atom. The molecule has 3 aromatic rings. The van der Waals surface area contributed by atoms with E-state index in [4.69, 9.17) is 0 Å². The fraction of sp³-hybridized carbons (Fsp3) is 0.474. The van der Waals surface area contributed by atoms with Crippen molar-refractivity contribution in [3.05, 3.63) is 41.6 Å². The first-order chi connectivity index (χ1) is 15.6. The molecule has 176 valence electrons. The van der Waals surface area contributed by atoms with Crippen LogP contribution in [0.1, 0.15) is 40.5 Å². The van der Waals surface area contributed by atoms with Crippen molar-refractivity contribution in [1.82, 2.24) is 33.6 Å². The Morgan fingerprint density at radius 1 is 1.09 bits per heavy atom. The van der Waals surface area contributed by atoms with Gasteiger partial charge in [0.2, 0.25) is 10.0 Å². The van der Waals surface area contributed by atoms with E-state index in [9.17, 15) is 26.4 Å². The van der Waals surface area contributed by atoms with Gasteiger partial charge in [0.25, 0.3) is 5.91 Å². The molecule has 2 fully saturated rings. The number of piperazine rings is 1. The second-order valence-corrected chi connectivity index (χ2v) is 10.1. The molecule has 0 atom stereocenters. The van der Waals surface area contributed by atoms with Gasteiger partial charge >= 0.3 is 6.18 Å². The summed E-state index contributed by atoms with van der Waals surface area (Å²) in [5.74, 6) is -0.577. The lowest BCUT2D eigenvalue weighted by Gasteiger charge is -2.33. The second kappa shape index (κ2) is 7.52. The highest BCUT2D eigenvalue weighted by atomic mass is 32.2. The van der Waals surface area contributed by atoms with Crippen molar-refractivity contribution in [3.8, 4) is 0 Å². The maximum absolute atomic E-state index is 13.6. The van der Waals surface area contributed by atoms with E-state index in [1.807, 2.05) is 0 Å². The van der Waals surface area contributed by atoms with Crippen LogP contribution in [-0.2, 0) is 23.2 Å². The SMILES string of the molecule is Cn1cc(S(=O)(=O)N2CCN(C(=O)c3cnn4c(C(F)(F)F)cc(C5CC5)nc34)CC2)cn1. The molecule has 1 aliphatic heterocycles. The Morgan fingerprint density at radius 2 is 1.79 bits per heavy atom. The van der Waals surface area contributed by atoms with Gasteiger partial charge in [-0.25, -0.2) is 17.9 Å². The van der Waals surface area contributed by atoms with Gasteiger partial charge in [-0.05, 0) is 18.9 Å². The lowest BCUT2D eigenvalue weighted by Crippen LogP contribution is -2.50. The summed E-state index contributed by atoms with van der Waals surface area (Å²) in [4.78, 5) is 18.9. The molecule has 0 spiro atoms. The summed E-state index contributed by atoms with van der Waals surface area (Å²) < 4.78 is 69.6. The largest absolute Gasteiger partial charge is 0.433 e. The monoisotopic (exact) mass is 483 g/mol. The third kappa shape index (κ3) is 3.86. The van der Waals surface area contributed by atoms with Crippen molar-refractivity contribution in [3.63, 3.8) is 0 Å². The van der Waals surface area contributed by atoms with Gasteiger partial charge in [-0.15, -0.1) is 0 Å². The van der Waals surface area contributed by atoms with Crippen molar-refractivity contribution in [1.29, 1.82) is 0 Å². The molecule has 4 heterocycles. The first kappa shape index (κ1) is 21.8. The van der Waals surface area contributed by atoms with E-state index in [0.717, 1.165) is 25.1 Å². The third-order valence-electron chi connectivity index (χ3n) is 5.85. The molecule has 0 radical (unpaired) electrons. The number of carbonyl (C=O) groups excluding carboxylic acids is 1. The van der Waals surface area contributed by atoms with E-state index < -0.39 is 27.8 Å². The number of alkyl halides is 3. The van der Waals surface area contributed by atoms with Gasteiger partial charge in [-0.2, -0.15) is 27.7 Å². The number of aromatic nitrogens is 5. The molecule has 0 aromatic carbocycles. The summed E-state index contributed by atoms with van der Waals surface area (Å²) in [6.45, 7) is 0.279. The number of sulfonamides is 1. The zero-order valence-corrected chi connectivity index (χ0v) is 18.3. The maximum Gasteiger partial charge on any atom is 0.433 e. The van der Waals surface area contributed by atoms with Crippen LogP contribution in [0.2, 0.25) is 0 Å². The minimum atomic E-state index is -4.65. The van der Waals surface area contributed by atoms with Crippen molar-refractivity contribution in [2.45, 2.75) is 29.8 Å². The van der Waals surface area contributed by atoms with E-state index >= 15 is 0 Å². The number of hydrogen-bond donors (Lipinski definition) is 0. The van der Waals surface area contributed by atoms with Gasteiger partial charge in [-0.1, -0.05) is 0 Å². The number of fused-ring (bicyclic) bond motifs is 1. The van der Waals surface area contributed by atoms with Crippen LogP contribution < -0.4 is 0 Å². The average Bonchev–Trinajstić information content (AvgIpc) is 3.39. The Hall–Kier alpha value is -3.00. The quantitative estimate of drug-likeness (QED) is 0.557. The minimum absolute atomic E-state index is 0.0356. The Labute approximate surface area is 186 Å². The summed E-state index contributed by atoms with van der Waals surface area (Å²) >= 11 is 0. The van der Waals surface area contributed by atoms with Crippen LogP contribution in [0.4, 0.5) is 13.2 Å². The van der Waals surface area contributed by atoms with Gasteiger partial charge in [-0.3, -0.25) is 9.48 Å². The van der Waals surface area contributed by atoms with Gasteiger partial charge < -0.3 is 4.90 Å². The highest BCUT2D eigenvalue weighted by molar-refractivity contribution is 7.89. The number of carbonyl (C=O) groups is 1. The Kier molecular flexibility index (Phi) is 4.97. The average molecular weight is 483 g/mol. The number of aryl methyl sites for hydroxylation is 1. The molecule has 0 N–H and O–H groups in total. The predicted molar refractivity (Wildman–Crippen MR) is 108 cm³/mol. The number of rotatable bonds is 4. The highest BCUT2D eigenvalue weighted by Gasteiger charge is 2.39. The Bertz CT molecular complexity index is 1340.